The molecule has 1 rings (SSSR count). The Hall–Kier alpha value is -0.0700. The maximum atomic E-state index is 12.7. The van der Waals surface area contributed by atoms with E-state index in [-0.39, 0.29) is 0 Å². The minimum Gasteiger partial charge on any atom is -0.247 e. The lowest BCUT2D eigenvalue weighted by Crippen LogP contribution is -2.09. The van der Waals surface area contributed by atoms with E-state index in [4.69, 9.17) is 0 Å². The van der Waals surface area contributed by atoms with E-state index in [1.54, 1.807) is 0 Å². The quantitative estimate of drug-likeness (QED) is 0.456. The van der Waals surface area contributed by atoms with E-state index < -0.39 is 6.17 Å². The molecule has 0 nitrogen and oxygen atoms in total. The summed E-state index contributed by atoms with van der Waals surface area (Å²) in [6.45, 7) is 3.99. The van der Waals surface area contributed by atoms with Gasteiger partial charge in [-0.25, -0.2) is 4.39 Å². The highest BCUT2D eigenvalue weighted by Crippen LogP contribution is 2.32. The van der Waals surface area contributed by atoms with Crippen LogP contribution in [0.3, 0.4) is 0 Å². The molecule has 0 spiro atoms. The van der Waals surface area contributed by atoms with Gasteiger partial charge in [0, 0.05) is 0 Å². The molecule has 0 bridgehead atoms. The molecule has 1 aliphatic rings. The van der Waals surface area contributed by atoms with Crippen LogP contribution in [0.1, 0.15) is 26.7 Å². The average Bonchev–Trinajstić information content (AvgIpc) is 1.98. The van der Waals surface area contributed by atoms with Crippen LogP contribution in [0.2, 0.25) is 0 Å². The van der Waals surface area contributed by atoms with Crippen LogP contribution in [0.4, 0.5) is 4.39 Å². The number of halogens is 1. The van der Waals surface area contributed by atoms with Crippen molar-refractivity contribution in [1.29, 1.82) is 0 Å². The van der Waals surface area contributed by atoms with Crippen molar-refractivity contribution >= 4 is 0 Å². The lowest BCUT2D eigenvalue weighted by atomic mass is 10.1. The summed E-state index contributed by atoms with van der Waals surface area (Å²) in [5, 5.41) is 0. The first-order valence-electron chi connectivity index (χ1n) is 3.36. The van der Waals surface area contributed by atoms with Crippen LogP contribution >= 0.6 is 0 Å². The van der Waals surface area contributed by atoms with Crippen LogP contribution in [0, 0.1) is 11.8 Å². The monoisotopic (exact) mass is 116 g/mol. The van der Waals surface area contributed by atoms with Gasteiger partial charge in [-0.15, -0.1) is 0 Å². The van der Waals surface area contributed by atoms with Gasteiger partial charge in [0.25, 0.3) is 0 Å². The van der Waals surface area contributed by atoms with E-state index in [0.717, 1.165) is 12.8 Å². The second-order valence-electron chi connectivity index (χ2n) is 2.98. The minimum atomic E-state index is -0.519. The summed E-state index contributed by atoms with van der Waals surface area (Å²) in [5.41, 5.74) is 0. The van der Waals surface area contributed by atoms with Gasteiger partial charge in [0.1, 0.15) is 6.17 Å². The summed E-state index contributed by atoms with van der Waals surface area (Å²) < 4.78 is 12.7. The zero-order chi connectivity index (χ0) is 6.15. The number of alkyl halides is 1. The van der Waals surface area contributed by atoms with Gasteiger partial charge in [0.15, 0.2) is 0 Å². The van der Waals surface area contributed by atoms with Gasteiger partial charge in [-0.3, -0.25) is 0 Å². The molecule has 0 aromatic carbocycles. The molecule has 0 heterocycles. The third-order valence-electron chi connectivity index (χ3n) is 2.16. The Kier molecular flexibility index (Phi) is 1.54. The van der Waals surface area contributed by atoms with Crippen molar-refractivity contribution < 1.29 is 4.39 Å². The molecule has 0 aromatic heterocycles. The number of hydrogen-bond acceptors (Lipinski definition) is 0. The molecule has 2 unspecified atom stereocenters. The van der Waals surface area contributed by atoms with Crippen molar-refractivity contribution in [2.45, 2.75) is 32.9 Å². The standard InChI is InChI=1S/C7H13F/c1-5-3-4-6(2)7(5)8/h5-7H,3-4H2,1-2H3. The van der Waals surface area contributed by atoms with Crippen LogP contribution in [0.5, 0.6) is 0 Å². The first-order chi connectivity index (χ1) is 3.72. The van der Waals surface area contributed by atoms with Crippen LogP contribution in [-0.4, -0.2) is 6.17 Å². The smallest absolute Gasteiger partial charge is 0.105 e. The highest BCUT2D eigenvalue weighted by molar-refractivity contribution is 4.78. The Morgan fingerprint density at radius 2 is 1.50 bits per heavy atom. The molecular weight excluding hydrogens is 103 g/mol. The van der Waals surface area contributed by atoms with Crippen molar-refractivity contribution in [3.8, 4) is 0 Å². The lowest BCUT2D eigenvalue weighted by Gasteiger charge is -2.07. The molecule has 8 heavy (non-hydrogen) atoms. The molecule has 1 saturated carbocycles. The maximum Gasteiger partial charge on any atom is 0.105 e. The molecule has 1 fully saturated rings. The third-order valence-corrected chi connectivity index (χ3v) is 2.16. The summed E-state index contributed by atoms with van der Waals surface area (Å²) in [4.78, 5) is 0. The van der Waals surface area contributed by atoms with E-state index in [0.29, 0.717) is 11.8 Å². The van der Waals surface area contributed by atoms with Crippen LogP contribution < -0.4 is 0 Å². The second-order valence-corrected chi connectivity index (χ2v) is 2.98. The van der Waals surface area contributed by atoms with Crippen LogP contribution in [0.15, 0.2) is 0 Å². The Balaban J connectivity index is 2.44. The summed E-state index contributed by atoms with van der Waals surface area (Å²) in [5.74, 6) is 0.648. The minimum absolute atomic E-state index is 0.324. The second kappa shape index (κ2) is 2.04. The SMILES string of the molecule is CC1CCC(C)C1F. The predicted molar refractivity (Wildman–Crippen MR) is 32.5 cm³/mol. The molecule has 0 aliphatic heterocycles. The van der Waals surface area contributed by atoms with Crippen LogP contribution in [0.25, 0.3) is 0 Å². The first kappa shape index (κ1) is 6.06. The number of hydrogen-bond donors (Lipinski definition) is 0. The maximum absolute atomic E-state index is 12.7. The predicted octanol–water partition coefficient (Wildman–Crippen LogP) is 2.39. The lowest BCUT2D eigenvalue weighted by molar-refractivity contribution is 0.228. The van der Waals surface area contributed by atoms with Gasteiger partial charge >= 0.3 is 0 Å². The summed E-state index contributed by atoms with van der Waals surface area (Å²) >= 11 is 0. The average molecular weight is 116 g/mol. The van der Waals surface area contributed by atoms with Gasteiger partial charge in [0.05, 0.1) is 0 Å². The largest absolute Gasteiger partial charge is 0.247 e. The Morgan fingerprint density at radius 3 is 1.62 bits per heavy atom. The van der Waals surface area contributed by atoms with Gasteiger partial charge in [-0.2, -0.15) is 0 Å². The molecule has 0 radical (unpaired) electrons. The Labute approximate surface area is 50.1 Å². The Morgan fingerprint density at radius 1 is 1.12 bits per heavy atom. The fraction of sp³-hybridized carbons (Fsp3) is 1.00. The molecule has 1 heteroatoms. The van der Waals surface area contributed by atoms with Gasteiger partial charge < -0.3 is 0 Å². The van der Waals surface area contributed by atoms with Crippen LogP contribution in [-0.2, 0) is 0 Å². The fourth-order valence-electron chi connectivity index (χ4n) is 1.41. The van der Waals surface area contributed by atoms with Gasteiger partial charge in [-0.05, 0) is 24.7 Å². The molecule has 1 aliphatic carbocycles. The zero-order valence-electron chi connectivity index (χ0n) is 5.52. The summed E-state index contributed by atoms with van der Waals surface area (Å²) in [6, 6.07) is 0. The Bertz CT molecular complexity index is 70.5. The fourth-order valence-corrected chi connectivity index (χ4v) is 1.41. The topological polar surface area (TPSA) is 0 Å². The van der Waals surface area contributed by atoms with Crippen molar-refractivity contribution in [3.63, 3.8) is 0 Å². The van der Waals surface area contributed by atoms with Gasteiger partial charge in [0.2, 0.25) is 0 Å². The highest BCUT2D eigenvalue weighted by Gasteiger charge is 2.29. The molecule has 0 aromatic rings. The van der Waals surface area contributed by atoms with Crippen molar-refractivity contribution in [2.24, 2.45) is 11.8 Å². The molecule has 2 atom stereocenters. The first-order valence-corrected chi connectivity index (χ1v) is 3.36. The third kappa shape index (κ3) is 0.862. The normalized spacial score (nSPS) is 47.6. The van der Waals surface area contributed by atoms with E-state index in [1.165, 1.54) is 0 Å². The molecule has 0 amide bonds. The van der Waals surface area contributed by atoms with Gasteiger partial charge in [-0.1, -0.05) is 13.8 Å². The molecule has 0 saturated heterocycles. The molecule has 0 N–H and O–H groups in total. The number of rotatable bonds is 0. The van der Waals surface area contributed by atoms with E-state index in [2.05, 4.69) is 0 Å². The summed E-state index contributed by atoms with van der Waals surface area (Å²) in [6.07, 6.45) is 1.65. The van der Waals surface area contributed by atoms with Crippen molar-refractivity contribution in [2.75, 3.05) is 0 Å². The summed E-state index contributed by atoms with van der Waals surface area (Å²) in [7, 11) is 0. The molecule has 48 valence electrons. The highest BCUT2D eigenvalue weighted by atomic mass is 19.1. The van der Waals surface area contributed by atoms with E-state index in [1.807, 2.05) is 13.8 Å². The van der Waals surface area contributed by atoms with Crippen molar-refractivity contribution in [3.05, 3.63) is 0 Å². The van der Waals surface area contributed by atoms with Crippen molar-refractivity contribution in [1.82, 2.24) is 0 Å². The molecular formula is C7H13F. The zero-order valence-corrected chi connectivity index (χ0v) is 5.52. The van der Waals surface area contributed by atoms with E-state index in [9.17, 15) is 4.39 Å². The van der Waals surface area contributed by atoms with E-state index >= 15 is 0 Å².